The highest BCUT2D eigenvalue weighted by atomic mass is 32.2. The summed E-state index contributed by atoms with van der Waals surface area (Å²) in [5, 5.41) is 4.25. The third-order valence-corrected chi connectivity index (χ3v) is 3.97. The number of hydrogen-bond donors (Lipinski definition) is 2. The molecule has 1 aromatic heterocycles. The molecule has 1 fully saturated rings. The van der Waals surface area contributed by atoms with Crippen molar-refractivity contribution >= 4 is 11.8 Å². The Morgan fingerprint density at radius 3 is 3.18 bits per heavy atom. The summed E-state index contributed by atoms with van der Waals surface area (Å²) < 4.78 is 5.47. The molecule has 2 N–H and O–H groups in total. The SMILES string of the molecule is CNC1CCOCC1Sc1nc(C)cc(=O)[nH]1. The van der Waals surface area contributed by atoms with Crippen molar-refractivity contribution in [3.63, 3.8) is 0 Å². The molecule has 1 saturated heterocycles. The van der Waals surface area contributed by atoms with Crippen LogP contribution in [0.25, 0.3) is 0 Å². The molecule has 94 valence electrons. The Morgan fingerprint density at radius 1 is 1.65 bits per heavy atom. The molecule has 5 nitrogen and oxygen atoms in total. The van der Waals surface area contributed by atoms with Crippen molar-refractivity contribution in [2.75, 3.05) is 20.3 Å². The van der Waals surface area contributed by atoms with Crippen LogP contribution in [0.5, 0.6) is 0 Å². The van der Waals surface area contributed by atoms with Crippen molar-refractivity contribution in [2.24, 2.45) is 0 Å². The van der Waals surface area contributed by atoms with E-state index >= 15 is 0 Å². The second-order valence-electron chi connectivity index (χ2n) is 4.11. The van der Waals surface area contributed by atoms with E-state index in [9.17, 15) is 4.79 Å². The van der Waals surface area contributed by atoms with E-state index in [1.807, 2.05) is 14.0 Å². The smallest absolute Gasteiger partial charge is 0.251 e. The van der Waals surface area contributed by atoms with Crippen LogP contribution in [0.2, 0.25) is 0 Å². The number of hydrogen-bond acceptors (Lipinski definition) is 5. The van der Waals surface area contributed by atoms with Gasteiger partial charge in [0.05, 0.1) is 11.9 Å². The third-order valence-electron chi connectivity index (χ3n) is 2.79. The van der Waals surface area contributed by atoms with Gasteiger partial charge in [-0.05, 0) is 20.4 Å². The molecule has 0 bridgehead atoms. The zero-order valence-corrected chi connectivity index (χ0v) is 10.8. The number of H-pyrrole nitrogens is 1. The number of aromatic nitrogens is 2. The highest BCUT2D eigenvalue weighted by Crippen LogP contribution is 2.25. The largest absolute Gasteiger partial charge is 0.380 e. The summed E-state index contributed by atoms with van der Waals surface area (Å²) in [5.41, 5.74) is 0.645. The first-order valence-corrected chi connectivity index (χ1v) is 6.56. The number of ether oxygens (including phenoxy) is 1. The van der Waals surface area contributed by atoms with Gasteiger partial charge in [0.25, 0.3) is 5.56 Å². The number of nitrogens with zero attached hydrogens (tertiary/aromatic N) is 1. The summed E-state index contributed by atoms with van der Waals surface area (Å²) in [5.74, 6) is 0. The fourth-order valence-corrected chi connectivity index (χ4v) is 3.15. The molecule has 2 atom stereocenters. The first kappa shape index (κ1) is 12.6. The fraction of sp³-hybridized carbons (Fsp3) is 0.636. The summed E-state index contributed by atoms with van der Waals surface area (Å²) in [7, 11) is 1.95. The molecule has 17 heavy (non-hydrogen) atoms. The van der Waals surface area contributed by atoms with E-state index in [4.69, 9.17) is 4.74 Å². The van der Waals surface area contributed by atoms with E-state index in [0.29, 0.717) is 23.1 Å². The van der Waals surface area contributed by atoms with Gasteiger partial charge in [0, 0.05) is 24.4 Å². The maximum Gasteiger partial charge on any atom is 0.251 e. The van der Waals surface area contributed by atoms with Crippen molar-refractivity contribution in [3.8, 4) is 0 Å². The summed E-state index contributed by atoms with van der Waals surface area (Å²) in [6.07, 6.45) is 0.990. The van der Waals surface area contributed by atoms with Gasteiger partial charge in [-0.3, -0.25) is 4.79 Å². The van der Waals surface area contributed by atoms with E-state index < -0.39 is 0 Å². The van der Waals surface area contributed by atoms with Crippen molar-refractivity contribution < 1.29 is 4.74 Å². The van der Waals surface area contributed by atoms with Crippen LogP contribution in [0.1, 0.15) is 12.1 Å². The summed E-state index contributed by atoms with van der Waals surface area (Å²) in [6, 6.07) is 1.90. The van der Waals surface area contributed by atoms with Crippen molar-refractivity contribution in [3.05, 3.63) is 22.1 Å². The summed E-state index contributed by atoms with van der Waals surface area (Å²) >= 11 is 1.57. The van der Waals surface area contributed by atoms with Crippen LogP contribution in [-0.4, -0.2) is 41.5 Å². The Bertz CT molecular complexity index is 435. The molecule has 2 rings (SSSR count). The second-order valence-corrected chi connectivity index (χ2v) is 5.33. The van der Waals surface area contributed by atoms with Crippen molar-refractivity contribution in [2.45, 2.75) is 29.8 Å². The van der Waals surface area contributed by atoms with Crippen LogP contribution < -0.4 is 10.9 Å². The van der Waals surface area contributed by atoms with E-state index in [2.05, 4.69) is 15.3 Å². The Balaban J connectivity index is 2.10. The minimum absolute atomic E-state index is 0.0993. The van der Waals surface area contributed by atoms with Gasteiger partial charge in [-0.15, -0.1) is 0 Å². The van der Waals surface area contributed by atoms with Gasteiger partial charge in [-0.25, -0.2) is 4.98 Å². The Kier molecular flexibility index (Phi) is 4.20. The molecular weight excluding hydrogens is 238 g/mol. The lowest BCUT2D eigenvalue weighted by molar-refractivity contribution is 0.0850. The van der Waals surface area contributed by atoms with Crippen molar-refractivity contribution in [1.82, 2.24) is 15.3 Å². The predicted molar refractivity (Wildman–Crippen MR) is 67.5 cm³/mol. The Labute approximate surface area is 104 Å². The summed E-state index contributed by atoms with van der Waals surface area (Å²) in [6.45, 7) is 3.31. The number of thioether (sulfide) groups is 1. The van der Waals surface area contributed by atoms with E-state index in [1.54, 1.807) is 11.8 Å². The molecule has 2 unspecified atom stereocenters. The van der Waals surface area contributed by atoms with Gasteiger partial charge >= 0.3 is 0 Å². The maximum atomic E-state index is 11.3. The predicted octanol–water partition coefficient (Wildman–Crippen LogP) is 0.547. The summed E-state index contributed by atoms with van der Waals surface area (Å²) in [4.78, 5) is 18.4. The van der Waals surface area contributed by atoms with Gasteiger partial charge in [0.15, 0.2) is 5.16 Å². The van der Waals surface area contributed by atoms with Gasteiger partial charge in [-0.2, -0.15) is 0 Å². The minimum atomic E-state index is -0.0993. The minimum Gasteiger partial charge on any atom is -0.380 e. The van der Waals surface area contributed by atoms with Crippen LogP contribution in [0.4, 0.5) is 0 Å². The zero-order chi connectivity index (χ0) is 12.3. The van der Waals surface area contributed by atoms with Gasteiger partial charge in [-0.1, -0.05) is 11.8 Å². The lowest BCUT2D eigenvalue weighted by Crippen LogP contribution is -2.43. The molecule has 0 amide bonds. The first-order chi connectivity index (χ1) is 8.19. The van der Waals surface area contributed by atoms with Gasteiger partial charge < -0.3 is 15.0 Å². The van der Waals surface area contributed by atoms with E-state index in [0.717, 1.165) is 18.7 Å². The topological polar surface area (TPSA) is 67.0 Å². The number of aryl methyl sites for hydroxylation is 1. The zero-order valence-electron chi connectivity index (χ0n) is 10.0. The molecule has 0 aliphatic carbocycles. The van der Waals surface area contributed by atoms with E-state index in [-0.39, 0.29) is 5.56 Å². The van der Waals surface area contributed by atoms with Crippen LogP contribution in [0.3, 0.4) is 0 Å². The molecule has 0 radical (unpaired) electrons. The highest BCUT2D eigenvalue weighted by Gasteiger charge is 2.26. The second kappa shape index (κ2) is 5.66. The van der Waals surface area contributed by atoms with Crippen LogP contribution in [-0.2, 0) is 4.74 Å². The van der Waals surface area contributed by atoms with Crippen LogP contribution >= 0.6 is 11.8 Å². The molecule has 1 aromatic rings. The van der Waals surface area contributed by atoms with Crippen LogP contribution in [0, 0.1) is 6.92 Å². The molecule has 1 aliphatic heterocycles. The van der Waals surface area contributed by atoms with Gasteiger partial charge in [0.1, 0.15) is 0 Å². The number of aromatic amines is 1. The maximum absolute atomic E-state index is 11.3. The first-order valence-electron chi connectivity index (χ1n) is 5.68. The Hall–Kier alpha value is -0.850. The Morgan fingerprint density at radius 2 is 2.47 bits per heavy atom. The monoisotopic (exact) mass is 255 g/mol. The fourth-order valence-electron chi connectivity index (χ4n) is 1.91. The van der Waals surface area contributed by atoms with E-state index in [1.165, 1.54) is 6.07 Å². The lowest BCUT2D eigenvalue weighted by atomic mass is 10.1. The molecule has 2 heterocycles. The quantitative estimate of drug-likeness (QED) is 0.772. The lowest BCUT2D eigenvalue weighted by Gasteiger charge is -2.30. The average molecular weight is 255 g/mol. The molecule has 0 spiro atoms. The highest BCUT2D eigenvalue weighted by molar-refractivity contribution is 7.99. The van der Waals surface area contributed by atoms with Crippen molar-refractivity contribution in [1.29, 1.82) is 0 Å². The normalized spacial score (nSPS) is 24.8. The number of rotatable bonds is 3. The average Bonchev–Trinajstić information content (AvgIpc) is 2.28. The molecular formula is C11H17N3O2S. The molecule has 1 aliphatic rings. The molecule has 0 aromatic carbocycles. The molecule has 0 saturated carbocycles. The molecule has 6 heteroatoms. The van der Waals surface area contributed by atoms with Crippen LogP contribution in [0.15, 0.2) is 16.0 Å². The third kappa shape index (κ3) is 3.31. The van der Waals surface area contributed by atoms with Gasteiger partial charge in [0.2, 0.25) is 0 Å². The standard InChI is InChI=1S/C11H17N3O2S/c1-7-5-10(15)14-11(13-7)17-9-6-16-4-3-8(9)12-2/h5,8-9,12H,3-4,6H2,1-2H3,(H,13,14,15). The number of nitrogens with one attached hydrogen (secondary N) is 2.